The number of hydrogen-bond acceptors (Lipinski definition) is 4. The van der Waals surface area contributed by atoms with Crippen LogP contribution in [0, 0.1) is 12.8 Å². The van der Waals surface area contributed by atoms with Crippen LogP contribution in [0.5, 0.6) is 11.5 Å². The Balaban J connectivity index is 2.94. The van der Waals surface area contributed by atoms with Gasteiger partial charge in [0.1, 0.15) is 0 Å². The Kier molecular flexibility index (Phi) is 6.68. The predicted molar refractivity (Wildman–Crippen MR) is 88.3 cm³/mol. The van der Waals surface area contributed by atoms with Crippen LogP contribution in [0.1, 0.15) is 44.4 Å². The molecule has 1 rings (SSSR count). The van der Waals surface area contributed by atoms with E-state index in [1.165, 1.54) is 0 Å². The van der Waals surface area contributed by atoms with Gasteiger partial charge < -0.3 is 20.5 Å². The lowest BCUT2D eigenvalue weighted by molar-refractivity contribution is -0.124. The van der Waals surface area contributed by atoms with Crippen molar-refractivity contribution >= 4 is 5.91 Å². The lowest BCUT2D eigenvalue weighted by Crippen LogP contribution is -2.45. The molecule has 1 aromatic rings. The molecular weight excluding hydrogens is 280 g/mol. The topological polar surface area (TPSA) is 73.6 Å². The van der Waals surface area contributed by atoms with Gasteiger partial charge in [-0.3, -0.25) is 4.79 Å². The summed E-state index contributed by atoms with van der Waals surface area (Å²) in [4.78, 5) is 12.2. The Morgan fingerprint density at radius 2 is 1.77 bits per heavy atom. The van der Waals surface area contributed by atoms with Crippen LogP contribution in [0.15, 0.2) is 12.1 Å². The number of ether oxygens (including phenoxy) is 2. The van der Waals surface area contributed by atoms with Crippen molar-refractivity contribution in [3.05, 3.63) is 23.3 Å². The minimum Gasteiger partial charge on any atom is -0.493 e. The third-order valence-corrected chi connectivity index (χ3v) is 4.16. The Labute approximate surface area is 133 Å². The first-order valence-corrected chi connectivity index (χ1v) is 7.64. The smallest absolute Gasteiger partial charge is 0.237 e. The number of rotatable bonds is 7. The Bertz CT molecular complexity index is 517. The molecule has 0 aromatic heterocycles. The van der Waals surface area contributed by atoms with Gasteiger partial charge in [-0.15, -0.1) is 0 Å². The predicted octanol–water partition coefficient (Wildman–Crippen LogP) is 2.56. The van der Waals surface area contributed by atoms with Gasteiger partial charge in [-0.05, 0) is 43.0 Å². The molecule has 0 saturated carbocycles. The van der Waals surface area contributed by atoms with Crippen molar-refractivity contribution in [1.82, 2.24) is 5.32 Å². The normalized spacial score (nSPS) is 14.9. The summed E-state index contributed by atoms with van der Waals surface area (Å²) in [6.45, 7) is 7.93. The number of nitrogens with one attached hydrogen (secondary N) is 1. The first-order valence-electron chi connectivity index (χ1n) is 7.64. The monoisotopic (exact) mass is 308 g/mol. The fourth-order valence-corrected chi connectivity index (χ4v) is 2.36. The van der Waals surface area contributed by atoms with Crippen LogP contribution in [0.4, 0.5) is 0 Å². The van der Waals surface area contributed by atoms with Crippen LogP contribution in [0.2, 0.25) is 0 Å². The summed E-state index contributed by atoms with van der Waals surface area (Å²) >= 11 is 0. The van der Waals surface area contributed by atoms with Crippen molar-refractivity contribution in [1.29, 1.82) is 0 Å². The minimum atomic E-state index is -0.493. The highest BCUT2D eigenvalue weighted by atomic mass is 16.5. The molecule has 5 heteroatoms. The van der Waals surface area contributed by atoms with E-state index in [4.69, 9.17) is 15.2 Å². The van der Waals surface area contributed by atoms with Gasteiger partial charge >= 0.3 is 0 Å². The summed E-state index contributed by atoms with van der Waals surface area (Å²) < 4.78 is 10.6. The lowest BCUT2D eigenvalue weighted by Gasteiger charge is -2.23. The van der Waals surface area contributed by atoms with Gasteiger partial charge in [0.05, 0.1) is 26.3 Å². The van der Waals surface area contributed by atoms with Crippen molar-refractivity contribution in [3.8, 4) is 11.5 Å². The summed E-state index contributed by atoms with van der Waals surface area (Å²) in [6, 6.07) is 3.16. The van der Waals surface area contributed by atoms with Crippen molar-refractivity contribution < 1.29 is 14.3 Å². The summed E-state index contributed by atoms with van der Waals surface area (Å²) in [5.41, 5.74) is 8.00. The van der Waals surface area contributed by atoms with Crippen molar-refractivity contribution in [2.45, 2.75) is 46.2 Å². The quantitative estimate of drug-likeness (QED) is 0.812. The molecule has 22 heavy (non-hydrogen) atoms. The second-order valence-electron chi connectivity index (χ2n) is 5.71. The highest BCUT2D eigenvalue weighted by Crippen LogP contribution is 2.32. The van der Waals surface area contributed by atoms with E-state index >= 15 is 0 Å². The Hall–Kier alpha value is -1.75. The van der Waals surface area contributed by atoms with Gasteiger partial charge in [0.25, 0.3) is 0 Å². The third-order valence-electron chi connectivity index (χ3n) is 4.16. The van der Waals surface area contributed by atoms with Gasteiger partial charge in [-0.25, -0.2) is 0 Å². The molecule has 0 bridgehead atoms. The number of hydrogen-bond donors (Lipinski definition) is 2. The molecule has 0 fully saturated rings. The number of amides is 1. The van der Waals surface area contributed by atoms with Crippen LogP contribution < -0.4 is 20.5 Å². The maximum Gasteiger partial charge on any atom is 0.237 e. The molecular formula is C17H28N2O3. The number of carbonyl (C=O) groups is 1. The summed E-state index contributed by atoms with van der Waals surface area (Å²) in [6.07, 6.45) is 0.873. The van der Waals surface area contributed by atoms with Crippen LogP contribution >= 0.6 is 0 Å². The molecule has 0 radical (unpaired) electrons. The number of aryl methyl sites for hydroxylation is 1. The molecule has 0 aliphatic carbocycles. The Morgan fingerprint density at radius 3 is 2.27 bits per heavy atom. The number of methoxy groups -OCH3 is 2. The lowest BCUT2D eigenvalue weighted by atomic mass is 9.97. The van der Waals surface area contributed by atoms with E-state index in [1.54, 1.807) is 14.2 Å². The molecule has 1 amide bonds. The second kappa shape index (κ2) is 8.03. The molecule has 3 atom stereocenters. The van der Waals surface area contributed by atoms with E-state index in [-0.39, 0.29) is 17.9 Å². The van der Waals surface area contributed by atoms with E-state index in [2.05, 4.69) is 5.32 Å². The molecule has 3 N–H and O–H groups in total. The fraction of sp³-hybridized carbons (Fsp3) is 0.588. The van der Waals surface area contributed by atoms with E-state index in [1.807, 2.05) is 39.8 Å². The first-order chi connectivity index (χ1) is 10.3. The highest BCUT2D eigenvalue weighted by molar-refractivity contribution is 5.82. The summed E-state index contributed by atoms with van der Waals surface area (Å²) in [5.74, 6) is 1.35. The van der Waals surface area contributed by atoms with Gasteiger partial charge in [0.2, 0.25) is 5.91 Å². The zero-order valence-electron chi connectivity index (χ0n) is 14.4. The fourth-order valence-electron chi connectivity index (χ4n) is 2.36. The third kappa shape index (κ3) is 4.13. The molecule has 1 aromatic carbocycles. The van der Waals surface area contributed by atoms with Gasteiger partial charge in [0.15, 0.2) is 11.5 Å². The number of benzene rings is 1. The van der Waals surface area contributed by atoms with Crippen molar-refractivity contribution in [2.75, 3.05) is 14.2 Å². The average Bonchev–Trinajstić information content (AvgIpc) is 2.52. The molecule has 0 heterocycles. The standard InChI is InChI=1S/C17H28N2O3/c1-7-10(2)16(18)17(20)19-12(4)13-9-15(22-6)14(21-5)8-11(13)3/h8-10,12,16H,7,18H2,1-6H3,(H,19,20). The second-order valence-corrected chi connectivity index (χ2v) is 5.71. The van der Waals surface area contributed by atoms with Gasteiger partial charge in [-0.2, -0.15) is 0 Å². The SMILES string of the molecule is CCC(C)C(N)C(=O)NC(C)c1cc(OC)c(OC)cc1C. The zero-order chi connectivity index (χ0) is 16.9. The zero-order valence-corrected chi connectivity index (χ0v) is 14.4. The number of carbonyl (C=O) groups excluding carboxylic acids is 1. The molecule has 5 nitrogen and oxygen atoms in total. The minimum absolute atomic E-state index is 0.129. The average molecular weight is 308 g/mol. The molecule has 0 aliphatic rings. The maximum absolute atomic E-state index is 12.2. The van der Waals surface area contributed by atoms with Crippen molar-refractivity contribution in [2.24, 2.45) is 11.7 Å². The van der Waals surface area contributed by atoms with Gasteiger partial charge in [-0.1, -0.05) is 20.3 Å². The van der Waals surface area contributed by atoms with Crippen LogP contribution in [0.3, 0.4) is 0 Å². The van der Waals surface area contributed by atoms with Crippen LogP contribution in [-0.2, 0) is 4.79 Å². The number of nitrogens with two attached hydrogens (primary N) is 1. The van der Waals surface area contributed by atoms with Crippen molar-refractivity contribution in [3.63, 3.8) is 0 Å². The molecule has 124 valence electrons. The van der Waals surface area contributed by atoms with E-state index in [9.17, 15) is 4.79 Å². The van der Waals surface area contributed by atoms with E-state index in [0.29, 0.717) is 11.5 Å². The van der Waals surface area contributed by atoms with E-state index < -0.39 is 6.04 Å². The molecule has 0 spiro atoms. The molecule has 0 aliphatic heterocycles. The highest BCUT2D eigenvalue weighted by Gasteiger charge is 2.22. The van der Waals surface area contributed by atoms with Gasteiger partial charge in [0, 0.05) is 0 Å². The largest absolute Gasteiger partial charge is 0.493 e. The Morgan fingerprint density at radius 1 is 1.23 bits per heavy atom. The first kappa shape index (κ1) is 18.3. The van der Waals surface area contributed by atoms with Crippen LogP contribution in [0.25, 0.3) is 0 Å². The summed E-state index contributed by atoms with van der Waals surface area (Å²) in [7, 11) is 3.20. The molecule has 0 saturated heterocycles. The maximum atomic E-state index is 12.2. The summed E-state index contributed by atoms with van der Waals surface area (Å²) in [5, 5.41) is 2.98. The molecule has 3 unspecified atom stereocenters. The van der Waals surface area contributed by atoms with E-state index in [0.717, 1.165) is 17.5 Å². The van der Waals surface area contributed by atoms with Crippen LogP contribution in [-0.4, -0.2) is 26.2 Å².